The van der Waals surface area contributed by atoms with E-state index in [1.807, 2.05) is 23.6 Å². The van der Waals surface area contributed by atoms with Gasteiger partial charge in [0.25, 0.3) is 0 Å². The number of hydrogen-bond acceptors (Lipinski definition) is 5. The van der Waals surface area contributed by atoms with Crippen LogP contribution in [0.2, 0.25) is 0 Å². The summed E-state index contributed by atoms with van der Waals surface area (Å²) in [5.41, 5.74) is 9.30. The Bertz CT molecular complexity index is 471. The van der Waals surface area contributed by atoms with E-state index in [1.54, 1.807) is 24.0 Å². The molecule has 0 saturated carbocycles. The minimum Gasteiger partial charge on any atom is -0.493 e. The third kappa shape index (κ3) is 2.95. The second-order valence-corrected chi connectivity index (χ2v) is 4.18. The molecule has 0 saturated heterocycles. The molecule has 0 bridgehead atoms. The molecule has 0 spiro atoms. The summed E-state index contributed by atoms with van der Waals surface area (Å²) in [6, 6.07) is 5.68. The lowest BCUT2D eigenvalue weighted by atomic mass is 10.2. The molecule has 1 heterocycles. The van der Waals surface area contributed by atoms with E-state index in [0.717, 1.165) is 11.3 Å². The summed E-state index contributed by atoms with van der Waals surface area (Å²) in [6.45, 7) is 0.922. The zero-order chi connectivity index (χ0) is 12.1. The molecular weight excluding hydrogens is 236 g/mol. The second kappa shape index (κ2) is 5.65. The average Bonchev–Trinajstić information content (AvgIpc) is 2.89. The highest BCUT2D eigenvalue weighted by atomic mass is 32.1. The van der Waals surface area contributed by atoms with E-state index in [0.29, 0.717) is 24.7 Å². The molecule has 1 aromatic heterocycles. The number of aromatic nitrogens is 1. The Labute approximate surface area is 104 Å². The molecule has 0 fully saturated rings. The minimum atomic E-state index is 0.438. The fraction of sp³-hybridized carbons (Fsp3) is 0.250. The van der Waals surface area contributed by atoms with Crippen molar-refractivity contribution >= 4 is 11.3 Å². The van der Waals surface area contributed by atoms with Crippen LogP contribution in [0.5, 0.6) is 11.5 Å². The molecule has 0 aliphatic heterocycles. The molecule has 1 aromatic carbocycles. The molecule has 0 aliphatic rings. The molecule has 4 nitrogen and oxygen atoms in total. The van der Waals surface area contributed by atoms with Crippen molar-refractivity contribution in [2.24, 2.45) is 5.73 Å². The van der Waals surface area contributed by atoms with E-state index in [9.17, 15) is 0 Å². The van der Waals surface area contributed by atoms with Gasteiger partial charge in [-0.15, -0.1) is 11.3 Å². The summed E-state index contributed by atoms with van der Waals surface area (Å²) in [5, 5.41) is 1.96. The fourth-order valence-corrected chi connectivity index (χ4v) is 1.96. The van der Waals surface area contributed by atoms with Crippen LogP contribution in [0.15, 0.2) is 29.1 Å². The van der Waals surface area contributed by atoms with Crippen LogP contribution < -0.4 is 15.2 Å². The van der Waals surface area contributed by atoms with Crippen molar-refractivity contribution in [1.29, 1.82) is 0 Å². The van der Waals surface area contributed by atoms with Crippen LogP contribution in [-0.2, 0) is 13.2 Å². The normalized spacial score (nSPS) is 10.2. The third-order valence-corrected chi connectivity index (χ3v) is 2.96. The van der Waals surface area contributed by atoms with E-state index in [2.05, 4.69) is 4.98 Å². The summed E-state index contributed by atoms with van der Waals surface area (Å²) >= 11 is 1.55. The first-order chi connectivity index (χ1) is 8.33. The van der Waals surface area contributed by atoms with Crippen LogP contribution in [0.25, 0.3) is 0 Å². The smallest absolute Gasteiger partial charge is 0.162 e. The van der Waals surface area contributed by atoms with Gasteiger partial charge in [-0.05, 0) is 17.7 Å². The van der Waals surface area contributed by atoms with E-state index >= 15 is 0 Å². The number of benzene rings is 1. The Morgan fingerprint density at radius 3 is 2.88 bits per heavy atom. The molecule has 2 N–H and O–H groups in total. The number of ether oxygens (including phenoxy) is 2. The van der Waals surface area contributed by atoms with Crippen molar-refractivity contribution < 1.29 is 9.47 Å². The molecule has 2 rings (SSSR count). The van der Waals surface area contributed by atoms with E-state index < -0.39 is 0 Å². The van der Waals surface area contributed by atoms with Crippen molar-refractivity contribution in [3.05, 3.63) is 40.3 Å². The fourth-order valence-electron chi connectivity index (χ4n) is 1.42. The predicted molar refractivity (Wildman–Crippen MR) is 67.3 cm³/mol. The number of thiazole rings is 1. The number of nitrogens with two attached hydrogens (primary N) is 1. The zero-order valence-corrected chi connectivity index (χ0v) is 10.4. The largest absolute Gasteiger partial charge is 0.493 e. The molecular formula is C12H14N2O2S. The highest BCUT2D eigenvalue weighted by molar-refractivity contribution is 7.07. The van der Waals surface area contributed by atoms with Gasteiger partial charge in [-0.2, -0.15) is 0 Å². The van der Waals surface area contributed by atoms with Gasteiger partial charge in [-0.3, -0.25) is 0 Å². The van der Waals surface area contributed by atoms with Gasteiger partial charge in [0.15, 0.2) is 11.5 Å². The van der Waals surface area contributed by atoms with Crippen LogP contribution in [0.3, 0.4) is 0 Å². The molecule has 0 atom stereocenters. The quantitative estimate of drug-likeness (QED) is 0.883. The van der Waals surface area contributed by atoms with Gasteiger partial charge in [0.2, 0.25) is 0 Å². The highest BCUT2D eigenvalue weighted by Gasteiger charge is 2.06. The zero-order valence-electron chi connectivity index (χ0n) is 9.55. The van der Waals surface area contributed by atoms with E-state index in [-0.39, 0.29) is 0 Å². The van der Waals surface area contributed by atoms with Crippen molar-refractivity contribution in [3.63, 3.8) is 0 Å². The summed E-state index contributed by atoms with van der Waals surface area (Å²) in [4.78, 5) is 4.16. The molecule has 0 radical (unpaired) electrons. The summed E-state index contributed by atoms with van der Waals surface area (Å²) in [5.74, 6) is 1.40. The van der Waals surface area contributed by atoms with Gasteiger partial charge < -0.3 is 15.2 Å². The van der Waals surface area contributed by atoms with Crippen LogP contribution in [0.4, 0.5) is 0 Å². The molecule has 90 valence electrons. The first-order valence-corrected chi connectivity index (χ1v) is 6.14. The van der Waals surface area contributed by atoms with Crippen LogP contribution in [0.1, 0.15) is 11.3 Å². The lowest BCUT2D eigenvalue weighted by Crippen LogP contribution is -2.01. The average molecular weight is 250 g/mol. The number of rotatable bonds is 5. The monoisotopic (exact) mass is 250 g/mol. The van der Waals surface area contributed by atoms with Crippen LogP contribution in [-0.4, -0.2) is 12.1 Å². The highest BCUT2D eigenvalue weighted by Crippen LogP contribution is 2.28. The predicted octanol–water partition coefficient (Wildman–Crippen LogP) is 2.19. The maximum Gasteiger partial charge on any atom is 0.162 e. The molecule has 0 unspecified atom stereocenters. The molecule has 0 aliphatic carbocycles. The summed E-state index contributed by atoms with van der Waals surface area (Å²) < 4.78 is 10.9. The van der Waals surface area contributed by atoms with Crippen molar-refractivity contribution in [2.75, 3.05) is 7.11 Å². The van der Waals surface area contributed by atoms with Crippen molar-refractivity contribution in [1.82, 2.24) is 4.98 Å². The van der Waals surface area contributed by atoms with Gasteiger partial charge in [0.1, 0.15) is 6.61 Å². The molecule has 0 amide bonds. The Kier molecular flexibility index (Phi) is 3.95. The number of nitrogens with zero attached hydrogens (tertiary/aromatic N) is 1. The van der Waals surface area contributed by atoms with Gasteiger partial charge in [-0.25, -0.2) is 4.98 Å². The third-order valence-electron chi connectivity index (χ3n) is 2.32. The molecule has 17 heavy (non-hydrogen) atoms. The van der Waals surface area contributed by atoms with Gasteiger partial charge in [0, 0.05) is 11.9 Å². The Morgan fingerprint density at radius 1 is 1.35 bits per heavy atom. The van der Waals surface area contributed by atoms with E-state index in [1.165, 1.54) is 0 Å². The Morgan fingerprint density at radius 2 is 2.24 bits per heavy atom. The molecule has 2 aromatic rings. The first-order valence-electron chi connectivity index (χ1n) is 5.20. The SMILES string of the molecule is COc1ccc(CN)cc1OCc1cscn1. The summed E-state index contributed by atoms with van der Waals surface area (Å²) in [6.07, 6.45) is 0. The van der Waals surface area contributed by atoms with Gasteiger partial charge in [-0.1, -0.05) is 6.07 Å². The van der Waals surface area contributed by atoms with Crippen LogP contribution in [0, 0.1) is 0 Å². The maximum absolute atomic E-state index is 5.68. The topological polar surface area (TPSA) is 57.4 Å². The van der Waals surface area contributed by atoms with Gasteiger partial charge in [0.05, 0.1) is 18.3 Å². The Balaban J connectivity index is 2.12. The maximum atomic E-state index is 5.68. The lowest BCUT2D eigenvalue weighted by Gasteiger charge is -2.10. The Hall–Kier alpha value is -1.59. The molecule has 5 heteroatoms. The second-order valence-electron chi connectivity index (χ2n) is 3.46. The van der Waals surface area contributed by atoms with Gasteiger partial charge >= 0.3 is 0 Å². The summed E-state index contributed by atoms with van der Waals surface area (Å²) in [7, 11) is 1.62. The standard InChI is InChI=1S/C12H14N2O2S/c1-15-11-3-2-9(5-13)4-12(11)16-6-10-7-17-8-14-10/h2-4,7-8H,5-6,13H2,1H3. The minimum absolute atomic E-state index is 0.438. The lowest BCUT2D eigenvalue weighted by molar-refractivity contribution is 0.281. The van der Waals surface area contributed by atoms with Crippen molar-refractivity contribution in [3.8, 4) is 11.5 Å². The number of methoxy groups -OCH3 is 1. The first kappa shape index (κ1) is 11.9. The van der Waals surface area contributed by atoms with E-state index in [4.69, 9.17) is 15.2 Å². The number of hydrogen-bond donors (Lipinski definition) is 1. The van der Waals surface area contributed by atoms with Crippen molar-refractivity contribution in [2.45, 2.75) is 13.2 Å². The van der Waals surface area contributed by atoms with Crippen LogP contribution >= 0.6 is 11.3 Å².